The number of sulfonamides is 1. The summed E-state index contributed by atoms with van der Waals surface area (Å²) in [5.74, 6) is 0.457. The van der Waals surface area contributed by atoms with Gasteiger partial charge >= 0.3 is 0 Å². The van der Waals surface area contributed by atoms with Crippen LogP contribution < -0.4 is 9.62 Å². The monoisotopic (exact) mass is 619 g/mol. The maximum absolute atomic E-state index is 15.5. The highest BCUT2D eigenvalue weighted by molar-refractivity contribution is 7.89. The number of hydrogen-bond acceptors (Lipinski definition) is 10. The fourth-order valence-electron chi connectivity index (χ4n) is 5.67. The van der Waals surface area contributed by atoms with Gasteiger partial charge in [0.1, 0.15) is 23.9 Å². The Morgan fingerprint density at radius 1 is 1.24 bits per heavy atom. The number of anilines is 1. The summed E-state index contributed by atoms with van der Waals surface area (Å²) in [5.41, 5.74) is -0.514. The summed E-state index contributed by atoms with van der Waals surface area (Å²) in [5, 5.41) is 17.6. The summed E-state index contributed by atoms with van der Waals surface area (Å²) < 4.78 is 72.9. The quantitative estimate of drug-likeness (QED) is 0.296. The Morgan fingerprint density at radius 3 is 2.62 bits per heavy atom. The molecule has 16 heteroatoms. The lowest BCUT2D eigenvalue weighted by molar-refractivity contribution is 0.102. The average Bonchev–Trinajstić information content (AvgIpc) is 3.41. The minimum atomic E-state index is -4.10. The van der Waals surface area contributed by atoms with Gasteiger partial charge in [0.25, 0.3) is 6.43 Å². The predicted octanol–water partition coefficient (Wildman–Crippen LogP) is 3.96. The summed E-state index contributed by atoms with van der Waals surface area (Å²) in [6, 6.07) is 6.19. The van der Waals surface area contributed by atoms with Crippen LogP contribution >= 0.6 is 11.3 Å². The molecule has 6 rings (SSSR count). The van der Waals surface area contributed by atoms with Crippen LogP contribution in [0, 0.1) is 11.3 Å². The molecular formula is C26H28F3N9O2S2. The third-order valence-corrected chi connectivity index (χ3v) is 10.4. The zero-order valence-electron chi connectivity index (χ0n) is 22.8. The van der Waals surface area contributed by atoms with Crippen molar-refractivity contribution in [1.29, 1.82) is 5.26 Å². The normalized spacial score (nSPS) is 20.6. The molecule has 3 aromatic heterocycles. The van der Waals surface area contributed by atoms with E-state index in [1.165, 1.54) is 23.0 Å². The van der Waals surface area contributed by atoms with Crippen molar-refractivity contribution in [2.45, 2.75) is 62.2 Å². The van der Waals surface area contributed by atoms with Gasteiger partial charge in [-0.1, -0.05) is 31.3 Å². The molecule has 1 aliphatic carbocycles. The molecule has 0 bridgehead atoms. The van der Waals surface area contributed by atoms with Crippen LogP contribution in [0.15, 0.2) is 29.4 Å². The second-order valence-electron chi connectivity index (χ2n) is 10.5. The van der Waals surface area contributed by atoms with Crippen LogP contribution in [0.4, 0.5) is 19.0 Å². The molecule has 0 amide bonds. The summed E-state index contributed by atoms with van der Waals surface area (Å²) in [7, 11) is -4.10. The maximum Gasteiger partial charge on any atom is 0.291 e. The lowest BCUT2D eigenvalue weighted by Gasteiger charge is -2.40. The topological polar surface area (TPSA) is 133 Å². The van der Waals surface area contributed by atoms with Crippen LogP contribution in [0.3, 0.4) is 0 Å². The molecule has 1 unspecified atom stereocenters. The van der Waals surface area contributed by atoms with E-state index >= 15 is 4.39 Å². The molecule has 2 aliphatic rings. The number of aromatic nitrogens is 5. The van der Waals surface area contributed by atoms with Gasteiger partial charge in [-0.3, -0.25) is 9.47 Å². The summed E-state index contributed by atoms with van der Waals surface area (Å²) >= 11 is 0.659. The van der Waals surface area contributed by atoms with Crippen molar-refractivity contribution in [3.8, 4) is 11.2 Å². The van der Waals surface area contributed by atoms with E-state index in [4.69, 9.17) is 0 Å². The van der Waals surface area contributed by atoms with E-state index in [2.05, 4.69) is 29.8 Å². The molecule has 11 nitrogen and oxygen atoms in total. The first-order valence-electron chi connectivity index (χ1n) is 13.6. The second kappa shape index (κ2) is 10.7. The Labute approximate surface area is 244 Å². The van der Waals surface area contributed by atoms with Gasteiger partial charge in [0.2, 0.25) is 15.2 Å². The van der Waals surface area contributed by atoms with Crippen molar-refractivity contribution in [3.05, 3.63) is 29.5 Å². The molecule has 4 heterocycles. The molecule has 0 radical (unpaired) electrons. The van der Waals surface area contributed by atoms with Crippen LogP contribution in [0.2, 0.25) is 0 Å². The number of piperidine rings is 1. The van der Waals surface area contributed by atoms with Gasteiger partial charge < -0.3 is 4.90 Å². The molecule has 1 aromatic carbocycles. The second-order valence-corrected chi connectivity index (χ2v) is 13.1. The van der Waals surface area contributed by atoms with Crippen LogP contribution in [0.25, 0.3) is 27.1 Å². The number of fused-ring (bicyclic) bond motifs is 3. The number of halogens is 3. The summed E-state index contributed by atoms with van der Waals surface area (Å²) in [6.45, 7) is 6.12. The van der Waals surface area contributed by atoms with Crippen LogP contribution in [-0.2, 0) is 10.0 Å². The number of alkyl halides is 3. The number of benzene rings is 1. The first-order valence-corrected chi connectivity index (χ1v) is 15.9. The largest absolute Gasteiger partial charge is 0.353 e. The first kappa shape index (κ1) is 28.7. The molecular weight excluding hydrogens is 591 g/mol. The molecule has 1 saturated heterocycles. The van der Waals surface area contributed by atoms with Gasteiger partial charge in [-0.05, 0) is 44.5 Å². The SMILES string of the molecule is CCN(CC)C1CCN(c2ncnc3c2c2ccc(S(=O)(=O)NC4(C#N)CC4)cc2n3-c2nnc(C(F)F)s2)C[C@@H]1F. The van der Waals surface area contributed by atoms with E-state index in [9.17, 15) is 22.5 Å². The van der Waals surface area contributed by atoms with Gasteiger partial charge in [0, 0.05) is 18.0 Å². The van der Waals surface area contributed by atoms with Crippen molar-refractivity contribution in [3.63, 3.8) is 0 Å². The smallest absolute Gasteiger partial charge is 0.291 e. The van der Waals surface area contributed by atoms with Crippen molar-refractivity contribution < 1.29 is 21.6 Å². The van der Waals surface area contributed by atoms with Crippen LogP contribution in [0.1, 0.15) is 44.5 Å². The van der Waals surface area contributed by atoms with Crippen molar-refractivity contribution >= 4 is 49.1 Å². The molecule has 2 fully saturated rings. The third kappa shape index (κ3) is 4.87. The molecule has 1 saturated carbocycles. The van der Waals surface area contributed by atoms with E-state index in [-0.39, 0.29) is 22.6 Å². The third-order valence-electron chi connectivity index (χ3n) is 8.00. The fourth-order valence-corrected chi connectivity index (χ4v) is 7.78. The fraction of sp³-hybridized carbons (Fsp3) is 0.500. The van der Waals surface area contributed by atoms with Gasteiger partial charge in [-0.15, -0.1) is 10.2 Å². The van der Waals surface area contributed by atoms with E-state index in [0.717, 1.165) is 13.1 Å². The van der Waals surface area contributed by atoms with Crippen molar-refractivity contribution in [1.82, 2.24) is 34.4 Å². The molecule has 1 aliphatic heterocycles. The van der Waals surface area contributed by atoms with Crippen LogP contribution in [0.5, 0.6) is 0 Å². The first-order chi connectivity index (χ1) is 20.1. The molecule has 2 atom stereocenters. The summed E-state index contributed by atoms with van der Waals surface area (Å²) in [4.78, 5) is 12.8. The molecule has 1 N–H and O–H groups in total. The van der Waals surface area contributed by atoms with Crippen molar-refractivity contribution in [2.24, 2.45) is 0 Å². The molecule has 222 valence electrons. The molecule has 4 aromatic rings. The lowest BCUT2D eigenvalue weighted by atomic mass is 10.0. The zero-order valence-corrected chi connectivity index (χ0v) is 24.5. The Kier molecular flexibility index (Phi) is 7.32. The Balaban J connectivity index is 1.50. The minimum Gasteiger partial charge on any atom is -0.353 e. The van der Waals surface area contributed by atoms with Gasteiger partial charge in [-0.25, -0.2) is 31.6 Å². The number of rotatable bonds is 9. The highest BCUT2D eigenvalue weighted by Crippen LogP contribution is 2.40. The Morgan fingerprint density at radius 2 is 2.00 bits per heavy atom. The molecule has 0 spiro atoms. The lowest BCUT2D eigenvalue weighted by Crippen LogP contribution is -2.52. The average molecular weight is 620 g/mol. The zero-order chi connectivity index (χ0) is 29.8. The minimum absolute atomic E-state index is 0.0664. The number of hydrogen-bond donors (Lipinski definition) is 1. The number of nitriles is 1. The van der Waals surface area contributed by atoms with Crippen LogP contribution in [-0.4, -0.2) is 82.0 Å². The maximum atomic E-state index is 15.5. The van der Waals surface area contributed by atoms with E-state index in [1.807, 2.05) is 24.8 Å². The number of nitrogens with one attached hydrogen (secondary N) is 1. The van der Waals surface area contributed by atoms with E-state index in [1.54, 1.807) is 6.07 Å². The molecule has 42 heavy (non-hydrogen) atoms. The highest BCUT2D eigenvalue weighted by atomic mass is 32.2. The Bertz CT molecular complexity index is 1800. The predicted molar refractivity (Wildman–Crippen MR) is 151 cm³/mol. The van der Waals surface area contributed by atoms with E-state index < -0.39 is 33.2 Å². The highest BCUT2D eigenvalue weighted by Gasteiger charge is 2.47. The summed E-state index contributed by atoms with van der Waals surface area (Å²) in [6.07, 6.45) is -1.27. The standard InChI is InChI=1S/C26H28F3N9O2S2/c1-3-36(4-2)18-7-10-37(12-17(18)27)22-20-16-6-5-15(42(39,40)35-26(13-30)8-9-26)11-19(16)38(23(20)32-14-31-22)25-34-33-24(41-25)21(28)29/h5-6,11,14,17-18,21,35H,3-4,7-10,12H2,1-2H3/t17-,18?/m0/s1. The van der Waals surface area contributed by atoms with Gasteiger partial charge in [0.15, 0.2) is 10.7 Å². The Hall–Kier alpha value is -3.39. The number of nitrogens with zero attached hydrogens (tertiary/aromatic N) is 8. The van der Waals surface area contributed by atoms with Crippen molar-refractivity contribution in [2.75, 3.05) is 31.1 Å². The van der Waals surface area contributed by atoms with Gasteiger partial charge in [-0.2, -0.15) is 9.98 Å². The van der Waals surface area contributed by atoms with E-state index in [0.29, 0.717) is 64.9 Å². The van der Waals surface area contributed by atoms with Gasteiger partial charge in [0.05, 0.1) is 28.4 Å².